The quantitative estimate of drug-likeness (QED) is 0.802. The second kappa shape index (κ2) is 4.56. The van der Waals surface area contributed by atoms with Crippen molar-refractivity contribution >= 4 is 28.5 Å². The molecule has 0 spiro atoms. The van der Waals surface area contributed by atoms with Crippen molar-refractivity contribution in [1.82, 2.24) is 9.55 Å². The highest BCUT2D eigenvalue weighted by atomic mass is 16.2. The van der Waals surface area contributed by atoms with E-state index in [9.17, 15) is 14.4 Å². The molecule has 2 aromatic rings. The number of fused-ring (bicyclic) bond motifs is 1. The van der Waals surface area contributed by atoms with Crippen molar-refractivity contribution in [2.45, 2.75) is 13.8 Å². The number of carbonyl (C=O) groups is 2. The average molecular weight is 259 g/mol. The van der Waals surface area contributed by atoms with Crippen molar-refractivity contribution < 1.29 is 9.59 Å². The van der Waals surface area contributed by atoms with E-state index in [1.165, 1.54) is 6.92 Å². The van der Waals surface area contributed by atoms with Crippen LogP contribution in [0.2, 0.25) is 0 Å². The van der Waals surface area contributed by atoms with E-state index in [2.05, 4.69) is 16.9 Å². The van der Waals surface area contributed by atoms with Gasteiger partial charge in [0, 0.05) is 18.2 Å². The predicted octanol–water partition coefficient (Wildman–Crippen LogP) is 1.50. The van der Waals surface area contributed by atoms with Gasteiger partial charge in [0.05, 0.1) is 11.0 Å². The van der Waals surface area contributed by atoms with Gasteiger partial charge in [0.2, 0.25) is 5.91 Å². The highest BCUT2D eigenvalue weighted by Gasteiger charge is 2.14. The number of hydrogen-bond donors (Lipinski definition) is 2. The predicted molar refractivity (Wildman–Crippen MR) is 72.3 cm³/mol. The number of nitrogens with zero attached hydrogens (tertiary/aromatic N) is 1. The standard InChI is InChI=1S/C13H13N3O3/c1-7(2)12(18)16-11-5-4-9(14-8(3)17)6-10(11)15-13(16)19/h4-6H,1H2,2-3H3,(H,14,17)(H,15,19). The Morgan fingerprint density at radius 1 is 1.32 bits per heavy atom. The van der Waals surface area contributed by atoms with Crippen LogP contribution in [0.15, 0.2) is 35.1 Å². The molecule has 0 aliphatic carbocycles. The Labute approximate surface area is 108 Å². The molecular weight excluding hydrogens is 246 g/mol. The summed E-state index contributed by atoms with van der Waals surface area (Å²) >= 11 is 0. The third kappa shape index (κ3) is 2.33. The maximum Gasteiger partial charge on any atom is 0.333 e. The zero-order valence-corrected chi connectivity index (χ0v) is 10.6. The number of aromatic amines is 1. The topological polar surface area (TPSA) is 84.0 Å². The van der Waals surface area contributed by atoms with Crippen LogP contribution in [0, 0.1) is 0 Å². The Kier molecular flexibility index (Phi) is 3.08. The number of nitrogens with one attached hydrogen (secondary N) is 2. The van der Waals surface area contributed by atoms with Crippen molar-refractivity contribution in [2.75, 3.05) is 5.32 Å². The molecule has 1 heterocycles. The number of aromatic nitrogens is 2. The SMILES string of the molecule is C=C(C)C(=O)n1c(=O)[nH]c2cc(NC(C)=O)ccc21. The molecule has 2 rings (SSSR count). The lowest BCUT2D eigenvalue weighted by Crippen LogP contribution is -2.24. The molecule has 0 radical (unpaired) electrons. The molecule has 0 aliphatic heterocycles. The maximum atomic E-state index is 11.9. The number of benzene rings is 1. The molecule has 0 fully saturated rings. The molecule has 2 N–H and O–H groups in total. The van der Waals surface area contributed by atoms with E-state index in [1.54, 1.807) is 25.1 Å². The van der Waals surface area contributed by atoms with Gasteiger partial charge >= 0.3 is 5.69 Å². The van der Waals surface area contributed by atoms with Crippen molar-refractivity contribution in [1.29, 1.82) is 0 Å². The Bertz CT molecular complexity index is 752. The number of hydrogen-bond acceptors (Lipinski definition) is 3. The summed E-state index contributed by atoms with van der Waals surface area (Å²) in [6.07, 6.45) is 0. The van der Waals surface area contributed by atoms with Crippen molar-refractivity contribution in [3.8, 4) is 0 Å². The number of allylic oxidation sites excluding steroid dienone is 1. The minimum Gasteiger partial charge on any atom is -0.326 e. The molecular formula is C13H13N3O3. The number of rotatable bonds is 2. The van der Waals surface area contributed by atoms with Crippen LogP contribution in [0.1, 0.15) is 18.6 Å². The molecule has 6 nitrogen and oxygen atoms in total. The third-order valence-corrected chi connectivity index (χ3v) is 2.57. The average Bonchev–Trinajstić information content (AvgIpc) is 2.62. The molecule has 0 bridgehead atoms. The van der Waals surface area contributed by atoms with Crippen molar-refractivity contribution in [3.63, 3.8) is 0 Å². The van der Waals surface area contributed by atoms with Crippen LogP contribution in [0.3, 0.4) is 0 Å². The van der Waals surface area contributed by atoms with Crippen LogP contribution in [-0.2, 0) is 4.79 Å². The van der Waals surface area contributed by atoms with Gasteiger partial charge in [0.1, 0.15) is 0 Å². The lowest BCUT2D eigenvalue weighted by molar-refractivity contribution is -0.114. The highest BCUT2D eigenvalue weighted by molar-refractivity contribution is 6.00. The van der Waals surface area contributed by atoms with Gasteiger partial charge in [-0.25, -0.2) is 9.36 Å². The minimum absolute atomic E-state index is 0.209. The number of carbonyl (C=O) groups excluding carboxylic acids is 2. The number of amides is 1. The summed E-state index contributed by atoms with van der Waals surface area (Å²) in [4.78, 5) is 37.2. The van der Waals surface area contributed by atoms with Gasteiger partial charge in [-0.3, -0.25) is 9.59 Å². The summed E-state index contributed by atoms with van der Waals surface area (Å²) in [5.74, 6) is -0.664. The van der Waals surface area contributed by atoms with Gasteiger partial charge in [0.25, 0.3) is 5.91 Å². The molecule has 1 aromatic carbocycles. The lowest BCUT2D eigenvalue weighted by atomic mass is 10.2. The van der Waals surface area contributed by atoms with Crippen LogP contribution >= 0.6 is 0 Å². The van der Waals surface area contributed by atoms with Crippen LogP contribution in [0.5, 0.6) is 0 Å². The highest BCUT2D eigenvalue weighted by Crippen LogP contribution is 2.17. The fourth-order valence-corrected chi connectivity index (χ4v) is 1.79. The molecule has 1 aromatic heterocycles. The molecule has 0 saturated carbocycles. The zero-order chi connectivity index (χ0) is 14.2. The summed E-state index contributed by atoms with van der Waals surface area (Å²) in [6, 6.07) is 4.82. The molecule has 0 atom stereocenters. The fourth-order valence-electron chi connectivity index (χ4n) is 1.79. The van der Waals surface area contributed by atoms with E-state index < -0.39 is 11.6 Å². The fraction of sp³-hybridized carbons (Fsp3) is 0.154. The minimum atomic E-state index is -0.525. The van der Waals surface area contributed by atoms with E-state index in [0.29, 0.717) is 16.7 Å². The Morgan fingerprint density at radius 2 is 2.00 bits per heavy atom. The van der Waals surface area contributed by atoms with E-state index in [4.69, 9.17) is 0 Å². The number of anilines is 1. The smallest absolute Gasteiger partial charge is 0.326 e. The normalized spacial score (nSPS) is 10.4. The zero-order valence-electron chi connectivity index (χ0n) is 10.6. The first-order valence-electron chi connectivity index (χ1n) is 5.62. The van der Waals surface area contributed by atoms with Gasteiger partial charge in [-0.1, -0.05) is 6.58 Å². The molecule has 19 heavy (non-hydrogen) atoms. The maximum absolute atomic E-state index is 11.9. The monoisotopic (exact) mass is 259 g/mol. The van der Waals surface area contributed by atoms with Gasteiger partial charge in [-0.2, -0.15) is 0 Å². The number of imidazole rings is 1. The molecule has 1 amide bonds. The van der Waals surface area contributed by atoms with E-state index in [0.717, 1.165) is 4.57 Å². The van der Waals surface area contributed by atoms with Gasteiger partial charge < -0.3 is 10.3 Å². The third-order valence-electron chi connectivity index (χ3n) is 2.57. The molecule has 0 aliphatic rings. The summed E-state index contributed by atoms with van der Waals surface area (Å²) in [5.41, 5.74) is 1.23. The van der Waals surface area contributed by atoms with Crippen LogP contribution in [0.4, 0.5) is 5.69 Å². The first-order valence-corrected chi connectivity index (χ1v) is 5.62. The van der Waals surface area contributed by atoms with Crippen LogP contribution in [0.25, 0.3) is 11.0 Å². The van der Waals surface area contributed by atoms with Gasteiger partial charge in [-0.15, -0.1) is 0 Å². The first-order chi connectivity index (χ1) is 8.90. The van der Waals surface area contributed by atoms with Crippen molar-refractivity contribution in [2.24, 2.45) is 0 Å². The molecule has 0 saturated heterocycles. The second-order valence-electron chi connectivity index (χ2n) is 4.26. The Balaban J connectivity index is 2.60. The van der Waals surface area contributed by atoms with Gasteiger partial charge in [0.15, 0.2) is 0 Å². The Morgan fingerprint density at radius 3 is 2.58 bits per heavy atom. The molecule has 6 heteroatoms. The number of H-pyrrole nitrogens is 1. The van der Waals surface area contributed by atoms with Crippen molar-refractivity contribution in [3.05, 3.63) is 40.8 Å². The van der Waals surface area contributed by atoms with Crippen LogP contribution in [-0.4, -0.2) is 21.4 Å². The summed E-state index contributed by atoms with van der Waals surface area (Å²) in [7, 11) is 0. The first kappa shape index (κ1) is 12.8. The van der Waals surface area contributed by atoms with Crippen LogP contribution < -0.4 is 11.0 Å². The lowest BCUT2D eigenvalue weighted by Gasteiger charge is -2.03. The molecule has 98 valence electrons. The van der Waals surface area contributed by atoms with Gasteiger partial charge in [-0.05, 0) is 25.1 Å². The van der Waals surface area contributed by atoms with E-state index in [1.807, 2.05) is 0 Å². The molecule has 0 unspecified atom stereocenters. The summed E-state index contributed by atoms with van der Waals surface area (Å²) in [5, 5.41) is 2.60. The second-order valence-corrected chi connectivity index (χ2v) is 4.26. The summed E-state index contributed by atoms with van der Waals surface area (Å²) in [6.45, 7) is 6.47. The summed E-state index contributed by atoms with van der Waals surface area (Å²) < 4.78 is 1.02. The Hall–Kier alpha value is -2.63. The van der Waals surface area contributed by atoms with E-state index >= 15 is 0 Å². The van der Waals surface area contributed by atoms with E-state index in [-0.39, 0.29) is 11.5 Å². The largest absolute Gasteiger partial charge is 0.333 e.